The molecule has 1 aromatic heterocycles. The highest BCUT2D eigenvalue weighted by atomic mass is 19.3. The Balaban J connectivity index is 1.52. The van der Waals surface area contributed by atoms with Gasteiger partial charge in [-0.25, -0.2) is 8.78 Å². The fourth-order valence-corrected chi connectivity index (χ4v) is 4.08. The average Bonchev–Trinajstić information content (AvgIpc) is 3.20. The molecule has 3 aromatic rings. The van der Waals surface area contributed by atoms with E-state index in [0.29, 0.717) is 43.7 Å². The molecule has 168 valence electrons. The number of carbonyl (C=O) groups excluding carboxylic acids is 1. The first-order valence-electron chi connectivity index (χ1n) is 11.0. The summed E-state index contributed by atoms with van der Waals surface area (Å²) in [6, 6.07) is 17.9. The molecule has 1 aliphatic rings. The average molecular weight is 439 g/mol. The number of rotatable bonds is 7. The van der Waals surface area contributed by atoms with Crippen LogP contribution in [0.2, 0.25) is 0 Å². The summed E-state index contributed by atoms with van der Waals surface area (Å²) < 4.78 is 27.0. The summed E-state index contributed by atoms with van der Waals surface area (Å²) in [5.74, 6) is -0.174. The summed E-state index contributed by atoms with van der Waals surface area (Å²) in [6.45, 7) is 3.51. The molecule has 32 heavy (non-hydrogen) atoms. The zero-order chi connectivity index (χ0) is 22.5. The number of alkyl halides is 2. The van der Waals surface area contributed by atoms with E-state index in [1.807, 2.05) is 61.5 Å². The maximum absolute atomic E-state index is 13.2. The van der Waals surface area contributed by atoms with E-state index < -0.39 is 6.43 Å². The van der Waals surface area contributed by atoms with Crippen LogP contribution < -0.4 is 5.32 Å². The molecule has 2 aromatic carbocycles. The van der Waals surface area contributed by atoms with Gasteiger partial charge in [-0.3, -0.25) is 14.4 Å². The van der Waals surface area contributed by atoms with E-state index in [2.05, 4.69) is 5.32 Å². The molecule has 0 radical (unpaired) electrons. The number of carbonyl (C=O) groups is 1. The lowest BCUT2D eigenvalue weighted by Gasteiger charge is -2.32. The number of piperidine rings is 1. The molecule has 0 bridgehead atoms. The molecule has 7 heteroatoms. The Morgan fingerprint density at radius 3 is 2.44 bits per heavy atom. The van der Waals surface area contributed by atoms with Crippen molar-refractivity contribution >= 4 is 5.91 Å². The van der Waals surface area contributed by atoms with Crippen molar-refractivity contribution in [2.24, 2.45) is 0 Å². The third-order valence-corrected chi connectivity index (χ3v) is 5.84. The van der Waals surface area contributed by atoms with E-state index in [0.717, 1.165) is 16.7 Å². The van der Waals surface area contributed by atoms with Crippen molar-refractivity contribution in [1.29, 1.82) is 0 Å². The van der Waals surface area contributed by atoms with Crippen LogP contribution in [0.4, 0.5) is 8.78 Å². The predicted octanol–water partition coefficient (Wildman–Crippen LogP) is 4.37. The second-order valence-corrected chi connectivity index (χ2v) is 8.38. The van der Waals surface area contributed by atoms with Gasteiger partial charge >= 0.3 is 0 Å². The molecule has 0 atom stereocenters. The maximum atomic E-state index is 13.2. The van der Waals surface area contributed by atoms with Crippen molar-refractivity contribution in [3.63, 3.8) is 0 Å². The number of nitrogens with one attached hydrogen (secondary N) is 1. The van der Waals surface area contributed by atoms with Crippen LogP contribution in [-0.2, 0) is 6.54 Å². The van der Waals surface area contributed by atoms with Crippen molar-refractivity contribution < 1.29 is 13.6 Å². The topological polar surface area (TPSA) is 50.2 Å². The van der Waals surface area contributed by atoms with Gasteiger partial charge in [0.1, 0.15) is 5.69 Å². The van der Waals surface area contributed by atoms with Gasteiger partial charge in [0.2, 0.25) is 0 Å². The molecular weight excluding hydrogens is 410 g/mol. The largest absolute Gasteiger partial charge is 0.349 e. The van der Waals surface area contributed by atoms with Gasteiger partial charge in [0, 0.05) is 30.9 Å². The summed E-state index contributed by atoms with van der Waals surface area (Å²) in [5.41, 5.74) is 4.30. The van der Waals surface area contributed by atoms with Gasteiger partial charge in [-0.05, 0) is 25.3 Å². The Labute approximate surface area is 187 Å². The molecule has 1 fully saturated rings. The highest BCUT2D eigenvalue weighted by Crippen LogP contribution is 2.24. The van der Waals surface area contributed by atoms with E-state index in [1.165, 1.54) is 0 Å². The number of nitrogens with zero attached hydrogens (tertiary/aromatic N) is 3. The normalized spacial score (nSPS) is 15.2. The molecule has 0 unspecified atom stereocenters. The molecular formula is C25H28F2N4O. The Bertz CT molecular complexity index is 1030. The number of halogens is 2. The van der Waals surface area contributed by atoms with Crippen LogP contribution in [0.15, 0.2) is 60.8 Å². The minimum Gasteiger partial charge on any atom is -0.349 e. The van der Waals surface area contributed by atoms with Gasteiger partial charge in [-0.15, -0.1) is 0 Å². The zero-order valence-electron chi connectivity index (χ0n) is 18.2. The SMILES string of the molecule is Cc1ccc(-c2nn(Cc3ccccc3)cc2C(=O)NC2CCN(CC(F)F)CC2)cc1. The molecule has 1 amide bonds. The van der Waals surface area contributed by atoms with Gasteiger partial charge < -0.3 is 5.32 Å². The monoisotopic (exact) mass is 438 g/mol. The number of benzene rings is 2. The zero-order valence-corrected chi connectivity index (χ0v) is 18.2. The van der Waals surface area contributed by atoms with Gasteiger partial charge in [0.05, 0.1) is 18.7 Å². The number of hydrogen-bond acceptors (Lipinski definition) is 3. The molecule has 1 aliphatic heterocycles. The number of hydrogen-bond donors (Lipinski definition) is 1. The van der Waals surface area contributed by atoms with Gasteiger partial charge in [-0.1, -0.05) is 60.2 Å². The Morgan fingerprint density at radius 2 is 1.78 bits per heavy atom. The van der Waals surface area contributed by atoms with Crippen LogP contribution >= 0.6 is 0 Å². The summed E-state index contributed by atoms with van der Waals surface area (Å²) in [6.07, 6.45) is 0.796. The van der Waals surface area contributed by atoms with Crippen LogP contribution in [-0.4, -0.2) is 52.7 Å². The first-order valence-corrected chi connectivity index (χ1v) is 11.0. The quantitative estimate of drug-likeness (QED) is 0.596. The molecule has 0 aliphatic carbocycles. The standard InChI is InChI=1S/C25H28F2N4O/c1-18-7-9-20(10-8-18)24-22(16-31(29-24)15-19-5-3-2-4-6-19)25(32)28-21-11-13-30(14-12-21)17-23(26)27/h2-10,16,21,23H,11-15,17H2,1H3,(H,28,32). The Kier molecular flexibility index (Phi) is 6.95. The molecule has 4 rings (SSSR count). The van der Waals surface area contributed by atoms with Crippen LogP contribution in [0, 0.1) is 6.92 Å². The third-order valence-electron chi connectivity index (χ3n) is 5.84. The Morgan fingerprint density at radius 1 is 1.09 bits per heavy atom. The first-order chi connectivity index (χ1) is 15.5. The van der Waals surface area contributed by atoms with Gasteiger partial charge in [0.15, 0.2) is 0 Å². The Hall–Kier alpha value is -3.06. The van der Waals surface area contributed by atoms with Crippen molar-refractivity contribution in [3.8, 4) is 11.3 Å². The molecule has 1 saturated heterocycles. The second-order valence-electron chi connectivity index (χ2n) is 8.38. The van der Waals surface area contributed by atoms with Crippen molar-refractivity contribution in [1.82, 2.24) is 20.0 Å². The molecule has 2 heterocycles. The number of aryl methyl sites for hydroxylation is 1. The van der Waals surface area contributed by atoms with E-state index in [4.69, 9.17) is 5.10 Å². The smallest absolute Gasteiger partial charge is 0.255 e. The lowest BCUT2D eigenvalue weighted by atomic mass is 10.0. The van der Waals surface area contributed by atoms with Gasteiger partial charge in [0.25, 0.3) is 12.3 Å². The highest BCUT2D eigenvalue weighted by Gasteiger charge is 2.25. The van der Waals surface area contributed by atoms with Gasteiger partial charge in [-0.2, -0.15) is 5.10 Å². The summed E-state index contributed by atoms with van der Waals surface area (Å²) in [4.78, 5) is 15.0. The minimum atomic E-state index is -2.33. The lowest BCUT2D eigenvalue weighted by molar-refractivity contribution is 0.0696. The molecule has 5 nitrogen and oxygen atoms in total. The molecule has 0 saturated carbocycles. The second kappa shape index (κ2) is 10.0. The van der Waals surface area contributed by atoms with Crippen LogP contribution in [0.1, 0.15) is 34.3 Å². The number of likely N-dealkylation sites (tertiary alicyclic amines) is 1. The van der Waals surface area contributed by atoms with Crippen LogP contribution in [0.3, 0.4) is 0 Å². The highest BCUT2D eigenvalue weighted by molar-refractivity contribution is 6.00. The van der Waals surface area contributed by atoms with Crippen molar-refractivity contribution in [3.05, 3.63) is 77.5 Å². The third kappa shape index (κ3) is 5.59. The molecule has 1 N–H and O–H groups in total. The summed E-state index contributed by atoms with van der Waals surface area (Å²) in [7, 11) is 0. The molecule has 0 spiro atoms. The summed E-state index contributed by atoms with van der Waals surface area (Å²) in [5, 5.41) is 7.83. The fraction of sp³-hybridized carbons (Fsp3) is 0.360. The first kappa shape index (κ1) is 22.1. The maximum Gasteiger partial charge on any atom is 0.255 e. The van der Waals surface area contributed by atoms with Crippen LogP contribution in [0.5, 0.6) is 0 Å². The fourth-order valence-electron chi connectivity index (χ4n) is 4.08. The van der Waals surface area contributed by atoms with E-state index in [9.17, 15) is 13.6 Å². The lowest BCUT2D eigenvalue weighted by Crippen LogP contribution is -2.45. The summed E-state index contributed by atoms with van der Waals surface area (Å²) >= 11 is 0. The van der Waals surface area contributed by atoms with Crippen LogP contribution in [0.25, 0.3) is 11.3 Å². The number of amides is 1. The van der Waals surface area contributed by atoms with Crippen molar-refractivity contribution in [2.45, 2.75) is 38.8 Å². The van der Waals surface area contributed by atoms with E-state index >= 15 is 0 Å². The number of aromatic nitrogens is 2. The van der Waals surface area contributed by atoms with E-state index in [1.54, 1.807) is 15.8 Å². The van der Waals surface area contributed by atoms with Crippen molar-refractivity contribution in [2.75, 3.05) is 19.6 Å². The predicted molar refractivity (Wildman–Crippen MR) is 121 cm³/mol. The minimum absolute atomic E-state index is 0.0280. The van der Waals surface area contributed by atoms with E-state index in [-0.39, 0.29) is 18.5 Å².